The third kappa shape index (κ3) is 8.00. The van der Waals surface area contributed by atoms with Crippen molar-refractivity contribution in [2.24, 2.45) is 0 Å². The summed E-state index contributed by atoms with van der Waals surface area (Å²) in [6.45, 7) is 15.7. The predicted molar refractivity (Wildman–Crippen MR) is 55.7 cm³/mol. The second-order valence-electron chi connectivity index (χ2n) is 5.06. The summed E-state index contributed by atoms with van der Waals surface area (Å²) in [4.78, 5) is 0. The van der Waals surface area contributed by atoms with Crippen LogP contribution in [0, 0.1) is 0 Å². The molecule has 0 saturated heterocycles. The molecule has 0 saturated carbocycles. The molecule has 0 rings (SSSR count). The Morgan fingerprint density at radius 2 is 1.23 bits per heavy atom. The highest BCUT2D eigenvalue weighted by Gasteiger charge is 2.21. The highest BCUT2D eigenvalue weighted by Crippen LogP contribution is 2.17. The van der Waals surface area contributed by atoms with Gasteiger partial charge in [-0.3, -0.25) is 0 Å². The van der Waals surface area contributed by atoms with Gasteiger partial charge in [0, 0.05) is 0 Å². The first-order valence-corrected chi connectivity index (χ1v) is 4.62. The molecule has 0 heterocycles. The van der Waals surface area contributed by atoms with Gasteiger partial charge in [-0.2, -0.15) is 0 Å². The van der Waals surface area contributed by atoms with Gasteiger partial charge in [-0.1, -0.05) is 6.58 Å². The smallest absolute Gasteiger partial charge is 0.177 e. The van der Waals surface area contributed by atoms with Crippen molar-refractivity contribution in [2.75, 3.05) is 0 Å². The predicted octanol–water partition coefficient (Wildman–Crippen LogP) is 3.13. The highest BCUT2D eigenvalue weighted by molar-refractivity contribution is 4.78. The fraction of sp³-hybridized carbons (Fsp3) is 0.818. The van der Waals surface area contributed by atoms with Crippen LogP contribution >= 0.6 is 0 Å². The summed E-state index contributed by atoms with van der Waals surface area (Å²) >= 11 is 0. The summed E-state index contributed by atoms with van der Waals surface area (Å²) in [6, 6.07) is 0. The van der Waals surface area contributed by atoms with Crippen molar-refractivity contribution in [1.82, 2.24) is 0 Å². The van der Waals surface area contributed by atoms with Gasteiger partial charge in [0.05, 0.1) is 11.2 Å². The van der Waals surface area contributed by atoms with Gasteiger partial charge < -0.3 is 9.47 Å². The summed E-state index contributed by atoms with van der Waals surface area (Å²) in [7, 11) is 0. The van der Waals surface area contributed by atoms with Gasteiger partial charge in [-0.25, -0.2) is 0 Å². The molecule has 0 radical (unpaired) electrons. The quantitative estimate of drug-likeness (QED) is 0.498. The number of ether oxygens (including phenoxy) is 2. The lowest BCUT2D eigenvalue weighted by molar-refractivity contribution is -0.209. The normalized spacial score (nSPS) is 13.5. The lowest BCUT2D eigenvalue weighted by atomic mass is 10.2. The summed E-state index contributed by atoms with van der Waals surface area (Å²) in [5.41, 5.74) is -0.409. The largest absolute Gasteiger partial charge is 0.343 e. The van der Waals surface area contributed by atoms with Crippen LogP contribution in [0.4, 0.5) is 0 Å². The Labute approximate surface area is 81.9 Å². The Bertz CT molecular complexity index is 144. The minimum Gasteiger partial charge on any atom is -0.343 e. The number of hydrogen-bond donors (Lipinski definition) is 0. The molecule has 0 aromatic carbocycles. The van der Waals surface area contributed by atoms with Crippen molar-refractivity contribution in [2.45, 2.75) is 59.0 Å². The monoisotopic (exact) mass is 186 g/mol. The van der Waals surface area contributed by atoms with E-state index in [2.05, 4.69) is 6.58 Å². The zero-order chi connectivity index (χ0) is 10.7. The fourth-order valence-corrected chi connectivity index (χ4v) is 0.817. The average Bonchev–Trinajstić information content (AvgIpc) is 1.79. The molecule has 2 nitrogen and oxygen atoms in total. The summed E-state index contributed by atoms with van der Waals surface area (Å²) < 4.78 is 11.2. The van der Waals surface area contributed by atoms with Crippen LogP contribution in [0.15, 0.2) is 12.7 Å². The minimum atomic E-state index is -0.333. The third-order valence-corrected chi connectivity index (χ3v) is 1.13. The van der Waals surface area contributed by atoms with E-state index >= 15 is 0 Å². The Balaban J connectivity index is 4.13. The molecule has 0 spiro atoms. The second-order valence-corrected chi connectivity index (χ2v) is 5.06. The van der Waals surface area contributed by atoms with Gasteiger partial charge in [0.25, 0.3) is 0 Å². The van der Waals surface area contributed by atoms with E-state index in [1.54, 1.807) is 6.08 Å². The SMILES string of the molecule is C=CC(OC(C)(C)C)OC(C)(C)C. The molecule has 0 N–H and O–H groups in total. The maximum atomic E-state index is 5.62. The van der Waals surface area contributed by atoms with Gasteiger partial charge in [0.15, 0.2) is 6.29 Å². The summed E-state index contributed by atoms with van der Waals surface area (Å²) in [5.74, 6) is 0. The maximum absolute atomic E-state index is 5.62. The maximum Gasteiger partial charge on any atom is 0.177 e. The first kappa shape index (κ1) is 12.7. The first-order valence-electron chi connectivity index (χ1n) is 4.62. The van der Waals surface area contributed by atoms with E-state index < -0.39 is 0 Å². The van der Waals surface area contributed by atoms with Crippen LogP contribution in [-0.4, -0.2) is 17.5 Å². The van der Waals surface area contributed by atoms with E-state index in [0.717, 1.165) is 0 Å². The second kappa shape index (κ2) is 4.25. The van der Waals surface area contributed by atoms with E-state index in [1.807, 2.05) is 41.5 Å². The molecular formula is C11H22O2. The summed E-state index contributed by atoms with van der Waals surface area (Å²) in [6.07, 6.45) is 1.34. The van der Waals surface area contributed by atoms with Crippen LogP contribution in [0.1, 0.15) is 41.5 Å². The fourth-order valence-electron chi connectivity index (χ4n) is 0.817. The van der Waals surface area contributed by atoms with Crippen LogP contribution in [0.25, 0.3) is 0 Å². The topological polar surface area (TPSA) is 18.5 Å². The molecule has 0 aliphatic rings. The molecule has 0 aliphatic heterocycles. The molecule has 0 aromatic rings. The number of rotatable bonds is 3. The minimum absolute atomic E-state index is 0.204. The zero-order valence-corrected chi connectivity index (χ0v) is 9.68. The Morgan fingerprint density at radius 1 is 0.923 bits per heavy atom. The number of hydrogen-bond acceptors (Lipinski definition) is 2. The van der Waals surface area contributed by atoms with Crippen molar-refractivity contribution in [1.29, 1.82) is 0 Å². The van der Waals surface area contributed by atoms with E-state index in [0.29, 0.717) is 0 Å². The molecule has 0 aliphatic carbocycles. The van der Waals surface area contributed by atoms with Gasteiger partial charge in [0.2, 0.25) is 0 Å². The van der Waals surface area contributed by atoms with Crippen molar-refractivity contribution in [3.05, 3.63) is 12.7 Å². The molecule has 0 unspecified atom stereocenters. The van der Waals surface area contributed by atoms with Crippen molar-refractivity contribution in [3.63, 3.8) is 0 Å². The molecule has 13 heavy (non-hydrogen) atoms. The molecule has 0 bridgehead atoms. The van der Waals surface area contributed by atoms with Crippen LogP contribution in [0.2, 0.25) is 0 Å². The Kier molecular flexibility index (Phi) is 4.14. The van der Waals surface area contributed by atoms with Gasteiger partial charge >= 0.3 is 0 Å². The average molecular weight is 186 g/mol. The van der Waals surface area contributed by atoms with Crippen molar-refractivity contribution < 1.29 is 9.47 Å². The van der Waals surface area contributed by atoms with Crippen LogP contribution < -0.4 is 0 Å². The molecule has 78 valence electrons. The standard InChI is InChI=1S/C11H22O2/c1-8-9(12-10(2,3)4)13-11(5,6)7/h8-9H,1H2,2-7H3. The van der Waals surface area contributed by atoms with E-state index in [-0.39, 0.29) is 17.5 Å². The molecular weight excluding hydrogens is 164 g/mol. The van der Waals surface area contributed by atoms with Gasteiger partial charge in [-0.15, -0.1) is 0 Å². The van der Waals surface area contributed by atoms with Crippen LogP contribution in [-0.2, 0) is 9.47 Å². The zero-order valence-electron chi connectivity index (χ0n) is 9.68. The van der Waals surface area contributed by atoms with Gasteiger partial charge in [0.1, 0.15) is 0 Å². The lowest BCUT2D eigenvalue weighted by Gasteiger charge is -2.30. The Hall–Kier alpha value is -0.340. The Morgan fingerprint density at radius 3 is 1.38 bits per heavy atom. The molecule has 0 aromatic heterocycles. The van der Waals surface area contributed by atoms with Crippen molar-refractivity contribution >= 4 is 0 Å². The van der Waals surface area contributed by atoms with E-state index in [1.165, 1.54) is 0 Å². The van der Waals surface area contributed by atoms with Crippen molar-refractivity contribution in [3.8, 4) is 0 Å². The van der Waals surface area contributed by atoms with E-state index in [9.17, 15) is 0 Å². The summed E-state index contributed by atoms with van der Waals surface area (Å²) in [5, 5.41) is 0. The third-order valence-electron chi connectivity index (χ3n) is 1.13. The molecule has 0 atom stereocenters. The lowest BCUT2D eigenvalue weighted by Crippen LogP contribution is -2.33. The first-order chi connectivity index (χ1) is 5.64. The van der Waals surface area contributed by atoms with E-state index in [4.69, 9.17) is 9.47 Å². The molecule has 0 fully saturated rings. The van der Waals surface area contributed by atoms with Gasteiger partial charge in [-0.05, 0) is 47.6 Å². The van der Waals surface area contributed by atoms with Crippen LogP contribution in [0.3, 0.4) is 0 Å². The molecule has 2 heteroatoms. The highest BCUT2D eigenvalue weighted by atomic mass is 16.7. The van der Waals surface area contributed by atoms with Crippen LogP contribution in [0.5, 0.6) is 0 Å². The molecule has 0 amide bonds.